The molecule has 4 aromatic rings. The van der Waals surface area contributed by atoms with Crippen molar-refractivity contribution in [3.05, 3.63) is 110 Å². The second-order valence-corrected chi connectivity index (χ2v) is 6.87. The van der Waals surface area contributed by atoms with Gasteiger partial charge >= 0.3 is 0 Å². The summed E-state index contributed by atoms with van der Waals surface area (Å²) in [6, 6.07) is 20.4. The van der Waals surface area contributed by atoms with Crippen molar-refractivity contribution in [3.8, 4) is 0 Å². The van der Waals surface area contributed by atoms with Gasteiger partial charge in [0, 0.05) is 24.7 Å². The predicted molar refractivity (Wildman–Crippen MR) is 117 cm³/mol. The molecular weight excluding hydrogens is 414 g/mol. The number of nitro groups is 2. The van der Waals surface area contributed by atoms with E-state index >= 15 is 0 Å². The second kappa shape index (κ2) is 9.04. The lowest BCUT2D eigenvalue weighted by Gasteiger charge is -2.07. The van der Waals surface area contributed by atoms with Gasteiger partial charge in [-0.3, -0.25) is 20.2 Å². The minimum Gasteiger partial charge on any atom is -0.391 e. The van der Waals surface area contributed by atoms with Gasteiger partial charge in [0.1, 0.15) is 12.8 Å². The Kier molecular flexibility index (Phi) is 5.84. The third-order valence-electron chi connectivity index (χ3n) is 4.81. The Morgan fingerprint density at radius 2 is 1.72 bits per heavy atom. The van der Waals surface area contributed by atoms with Crippen LogP contribution in [0, 0.1) is 20.2 Å². The number of para-hydroxylation sites is 1. The van der Waals surface area contributed by atoms with Gasteiger partial charge in [-0.1, -0.05) is 47.6 Å². The number of hydrogen-bond donors (Lipinski definition) is 0. The Morgan fingerprint density at radius 1 is 0.969 bits per heavy atom. The van der Waals surface area contributed by atoms with E-state index < -0.39 is 9.85 Å². The van der Waals surface area contributed by atoms with E-state index in [0.29, 0.717) is 29.0 Å². The van der Waals surface area contributed by atoms with Gasteiger partial charge in [0.2, 0.25) is 0 Å². The van der Waals surface area contributed by atoms with Gasteiger partial charge in [-0.2, -0.15) is 0 Å². The lowest BCUT2D eigenvalue weighted by Crippen LogP contribution is -2.05. The highest BCUT2D eigenvalue weighted by Gasteiger charge is 2.15. The van der Waals surface area contributed by atoms with Crippen LogP contribution in [0.25, 0.3) is 11.0 Å². The molecule has 0 radical (unpaired) electrons. The molecule has 0 saturated heterocycles. The summed E-state index contributed by atoms with van der Waals surface area (Å²) in [5.74, 6) is 0.437. The fourth-order valence-electron chi connectivity index (χ4n) is 3.28. The smallest absolute Gasteiger partial charge is 0.276 e. The molecule has 1 aromatic heterocycles. The van der Waals surface area contributed by atoms with Crippen LogP contribution in [0.15, 0.2) is 78.0 Å². The third-order valence-corrected chi connectivity index (χ3v) is 4.81. The molecule has 0 fully saturated rings. The number of hydrogen-bond acceptors (Lipinski definition) is 7. The first-order valence-electron chi connectivity index (χ1n) is 9.59. The normalized spacial score (nSPS) is 11.1. The number of nitrogens with zero attached hydrogens (tertiary/aromatic N) is 5. The summed E-state index contributed by atoms with van der Waals surface area (Å²) in [6.45, 7) is 0.388. The van der Waals surface area contributed by atoms with Crippen LogP contribution in [-0.4, -0.2) is 25.6 Å². The van der Waals surface area contributed by atoms with E-state index in [4.69, 9.17) is 4.84 Å². The molecule has 0 unspecified atom stereocenters. The number of benzene rings is 3. The molecule has 0 aliphatic carbocycles. The number of nitro benzene ring substituents is 2. The number of fused-ring (bicyclic) bond motifs is 1. The minimum absolute atomic E-state index is 0.0497. The molecule has 1 heterocycles. The first-order chi connectivity index (χ1) is 15.5. The average molecular weight is 431 g/mol. The molecule has 0 aliphatic rings. The largest absolute Gasteiger partial charge is 0.391 e. The fourth-order valence-corrected chi connectivity index (χ4v) is 3.28. The van der Waals surface area contributed by atoms with Crippen LogP contribution < -0.4 is 0 Å². The van der Waals surface area contributed by atoms with E-state index in [1.54, 1.807) is 24.3 Å². The average Bonchev–Trinajstić information content (AvgIpc) is 3.14. The summed E-state index contributed by atoms with van der Waals surface area (Å²) >= 11 is 0. The molecule has 0 aliphatic heterocycles. The zero-order chi connectivity index (χ0) is 22.5. The van der Waals surface area contributed by atoms with Crippen molar-refractivity contribution < 1.29 is 14.7 Å². The fraction of sp³-hybridized carbons (Fsp3) is 0.0909. The van der Waals surface area contributed by atoms with Gasteiger partial charge in [-0.05, 0) is 17.7 Å². The van der Waals surface area contributed by atoms with Crippen molar-refractivity contribution in [1.29, 1.82) is 0 Å². The van der Waals surface area contributed by atoms with E-state index in [2.05, 4.69) is 10.1 Å². The van der Waals surface area contributed by atoms with Gasteiger partial charge in [0.25, 0.3) is 11.4 Å². The van der Waals surface area contributed by atoms with Crippen molar-refractivity contribution in [3.63, 3.8) is 0 Å². The molecule has 0 spiro atoms. The van der Waals surface area contributed by atoms with E-state index in [1.165, 1.54) is 24.4 Å². The van der Waals surface area contributed by atoms with Crippen LogP contribution >= 0.6 is 0 Å². The minimum atomic E-state index is -0.478. The van der Waals surface area contributed by atoms with Crippen molar-refractivity contribution in [2.45, 2.75) is 13.2 Å². The molecule has 0 N–H and O–H groups in total. The highest BCUT2D eigenvalue weighted by Crippen LogP contribution is 2.23. The maximum Gasteiger partial charge on any atom is 0.276 e. The maximum absolute atomic E-state index is 11.1. The number of imidazole rings is 1. The van der Waals surface area contributed by atoms with Gasteiger partial charge in [-0.15, -0.1) is 0 Å². The lowest BCUT2D eigenvalue weighted by molar-refractivity contribution is -0.386. The van der Waals surface area contributed by atoms with Crippen LogP contribution in [0.2, 0.25) is 0 Å². The molecule has 3 aromatic carbocycles. The second-order valence-electron chi connectivity index (χ2n) is 6.87. The zero-order valence-electron chi connectivity index (χ0n) is 16.7. The van der Waals surface area contributed by atoms with E-state index in [-0.39, 0.29) is 18.0 Å². The predicted octanol–water partition coefficient (Wildman–Crippen LogP) is 4.45. The first kappa shape index (κ1) is 20.7. The first-order valence-corrected chi connectivity index (χ1v) is 9.59. The van der Waals surface area contributed by atoms with Crippen LogP contribution in [0.4, 0.5) is 11.4 Å². The Labute approximate surface area is 181 Å². The summed E-state index contributed by atoms with van der Waals surface area (Å²) < 4.78 is 1.87. The van der Waals surface area contributed by atoms with Gasteiger partial charge < -0.3 is 9.40 Å². The highest BCUT2D eigenvalue weighted by molar-refractivity contribution is 5.86. The number of rotatable bonds is 8. The van der Waals surface area contributed by atoms with E-state index in [0.717, 1.165) is 5.56 Å². The number of aromatic nitrogens is 2. The molecular formula is C22H17N5O5. The van der Waals surface area contributed by atoms with Crippen LogP contribution in [-0.2, 0) is 18.0 Å². The van der Waals surface area contributed by atoms with Gasteiger partial charge in [-0.25, -0.2) is 4.98 Å². The van der Waals surface area contributed by atoms with E-state index in [9.17, 15) is 20.2 Å². The van der Waals surface area contributed by atoms with Crippen molar-refractivity contribution in [1.82, 2.24) is 9.55 Å². The van der Waals surface area contributed by atoms with Crippen LogP contribution in [0.1, 0.15) is 17.0 Å². The zero-order valence-corrected chi connectivity index (χ0v) is 16.7. The SMILES string of the molecule is O=[N+]([O-])c1ccc2c(c1)nc(/C=N/OCc1ccccc1[N+](=O)[O-])n2Cc1ccccc1. The number of oxime groups is 1. The van der Waals surface area contributed by atoms with Crippen LogP contribution in [0.5, 0.6) is 0 Å². The maximum atomic E-state index is 11.1. The Bertz CT molecular complexity index is 1320. The number of non-ortho nitro benzene ring substituents is 1. The topological polar surface area (TPSA) is 126 Å². The molecule has 0 bridgehead atoms. The molecule has 0 atom stereocenters. The van der Waals surface area contributed by atoms with Crippen molar-refractivity contribution in [2.75, 3.05) is 0 Å². The molecule has 4 rings (SSSR count). The summed E-state index contributed by atoms with van der Waals surface area (Å²) in [5, 5.41) is 26.2. The molecule has 10 heteroatoms. The summed E-state index contributed by atoms with van der Waals surface area (Å²) in [7, 11) is 0. The summed E-state index contributed by atoms with van der Waals surface area (Å²) in [4.78, 5) is 31.0. The monoisotopic (exact) mass is 431 g/mol. The Balaban J connectivity index is 1.62. The van der Waals surface area contributed by atoms with E-state index in [1.807, 2.05) is 34.9 Å². The lowest BCUT2D eigenvalue weighted by atomic mass is 10.2. The van der Waals surface area contributed by atoms with Crippen LogP contribution in [0.3, 0.4) is 0 Å². The van der Waals surface area contributed by atoms with Crippen molar-refractivity contribution >= 4 is 28.6 Å². The molecule has 160 valence electrons. The molecule has 10 nitrogen and oxygen atoms in total. The quantitative estimate of drug-likeness (QED) is 0.230. The summed E-state index contributed by atoms with van der Waals surface area (Å²) in [6.07, 6.45) is 1.39. The summed E-state index contributed by atoms with van der Waals surface area (Å²) in [5.41, 5.74) is 2.46. The Morgan fingerprint density at radius 3 is 2.47 bits per heavy atom. The van der Waals surface area contributed by atoms with Gasteiger partial charge in [0.05, 0.1) is 26.4 Å². The van der Waals surface area contributed by atoms with Crippen molar-refractivity contribution in [2.24, 2.45) is 5.16 Å². The third kappa shape index (κ3) is 4.43. The molecule has 0 amide bonds. The highest BCUT2D eigenvalue weighted by atomic mass is 16.6. The standard InChI is InChI=1S/C22H17N5O5/c28-26(29)18-10-11-21-19(12-18)24-22(25(21)14-16-6-2-1-3-7-16)13-23-32-15-17-8-4-5-9-20(17)27(30)31/h1-13H,14-15H2/b23-13+. The van der Waals surface area contributed by atoms with Gasteiger partial charge in [0.15, 0.2) is 5.82 Å². The molecule has 0 saturated carbocycles. The Hall–Kier alpha value is -4.60. The molecule has 32 heavy (non-hydrogen) atoms.